The number of ether oxygens (including phenoxy) is 1. The van der Waals surface area contributed by atoms with Gasteiger partial charge in [-0.05, 0) is 55.5 Å². The molecule has 1 aliphatic heterocycles. The Morgan fingerprint density at radius 2 is 1.76 bits per heavy atom. The van der Waals surface area contributed by atoms with Gasteiger partial charge < -0.3 is 20.1 Å². The average molecular weight is 395 g/mol. The number of aromatic hydroxyl groups is 1. The Hall–Kier alpha value is -2.30. The second-order valence-electron chi connectivity index (χ2n) is 9.41. The quantitative estimate of drug-likeness (QED) is 0.525. The maximum absolute atomic E-state index is 11.1. The second kappa shape index (κ2) is 6.89. The number of aliphatic hydroxyl groups is 2. The van der Waals surface area contributed by atoms with E-state index in [4.69, 9.17) is 4.74 Å². The molecule has 2 atom stereocenters. The van der Waals surface area contributed by atoms with E-state index in [0.29, 0.717) is 24.2 Å². The molecule has 4 rings (SSSR count). The summed E-state index contributed by atoms with van der Waals surface area (Å²) in [5.41, 5.74) is 2.84. The van der Waals surface area contributed by atoms with Crippen LogP contribution in [0.5, 0.6) is 11.5 Å². The molecular formula is C25H30O4. The van der Waals surface area contributed by atoms with Crippen LogP contribution in [0.15, 0.2) is 54.1 Å². The molecule has 2 aromatic carbocycles. The van der Waals surface area contributed by atoms with Crippen LogP contribution in [-0.2, 0) is 5.41 Å². The van der Waals surface area contributed by atoms with Crippen molar-refractivity contribution in [3.8, 4) is 11.5 Å². The van der Waals surface area contributed by atoms with Crippen LogP contribution in [0.4, 0.5) is 0 Å². The number of aliphatic hydroxyl groups excluding tert-OH is 1. The SMILES string of the molecule is CC(C)(c1ccccc1)c1cc(O)c2c(c1)OC(C)(C)[C@@H]1CC=C(C(O)O)C[C@@H]21. The van der Waals surface area contributed by atoms with Crippen molar-refractivity contribution in [2.75, 3.05) is 0 Å². The summed E-state index contributed by atoms with van der Waals surface area (Å²) in [6.45, 7) is 8.44. The largest absolute Gasteiger partial charge is 0.508 e. The molecule has 0 saturated heterocycles. The first-order valence-electron chi connectivity index (χ1n) is 10.3. The fraction of sp³-hybridized carbons (Fsp3) is 0.440. The standard InChI is InChI=1S/C25H30O4/c1-24(2,16-8-6-5-7-9-16)17-13-20(26)22-18-12-15(23(27)28)10-11-19(18)25(3,4)29-21(22)14-17/h5-10,13-14,18-19,23,26-28H,11-12H2,1-4H3/t18-,19-/m1/s1. The number of hydrogen-bond donors (Lipinski definition) is 3. The molecule has 0 saturated carbocycles. The number of allylic oxidation sites excluding steroid dienone is 1. The van der Waals surface area contributed by atoms with Crippen molar-refractivity contribution in [3.05, 3.63) is 70.8 Å². The summed E-state index contributed by atoms with van der Waals surface area (Å²) in [6, 6.07) is 14.1. The Morgan fingerprint density at radius 3 is 2.41 bits per heavy atom. The highest BCUT2D eigenvalue weighted by atomic mass is 16.5. The maximum atomic E-state index is 11.1. The fourth-order valence-corrected chi connectivity index (χ4v) is 5.01. The summed E-state index contributed by atoms with van der Waals surface area (Å²) < 4.78 is 6.42. The van der Waals surface area contributed by atoms with E-state index in [1.165, 1.54) is 5.56 Å². The molecule has 0 fully saturated rings. The molecule has 0 spiro atoms. The lowest BCUT2D eigenvalue weighted by atomic mass is 9.66. The number of phenols is 1. The summed E-state index contributed by atoms with van der Waals surface area (Å²) in [5, 5.41) is 30.4. The summed E-state index contributed by atoms with van der Waals surface area (Å²) in [6.07, 6.45) is 1.66. The van der Waals surface area contributed by atoms with Gasteiger partial charge in [-0.25, -0.2) is 0 Å². The van der Waals surface area contributed by atoms with Gasteiger partial charge in [0.05, 0.1) is 0 Å². The molecule has 4 heteroatoms. The summed E-state index contributed by atoms with van der Waals surface area (Å²) in [4.78, 5) is 0. The first-order chi connectivity index (χ1) is 13.6. The topological polar surface area (TPSA) is 69.9 Å². The first-order valence-corrected chi connectivity index (χ1v) is 10.3. The Morgan fingerprint density at radius 1 is 1.07 bits per heavy atom. The van der Waals surface area contributed by atoms with Crippen LogP contribution in [-0.4, -0.2) is 27.2 Å². The third-order valence-electron chi connectivity index (χ3n) is 6.88. The van der Waals surface area contributed by atoms with Crippen molar-refractivity contribution >= 4 is 0 Å². The highest BCUT2D eigenvalue weighted by molar-refractivity contribution is 5.55. The first kappa shape index (κ1) is 20.0. The smallest absolute Gasteiger partial charge is 0.174 e. The van der Waals surface area contributed by atoms with Gasteiger partial charge in [0.2, 0.25) is 0 Å². The van der Waals surface area contributed by atoms with E-state index in [2.05, 4.69) is 39.8 Å². The number of hydrogen-bond acceptors (Lipinski definition) is 4. The third kappa shape index (κ3) is 3.34. The molecule has 2 aromatic rings. The number of rotatable bonds is 3. The van der Waals surface area contributed by atoms with Gasteiger partial charge >= 0.3 is 0 Å². The third-order valence-corrected chi connectivity index (χ3v) is 6.88. The van der Waals surface area contributed by atoms with Gasteiger partial charge in [-0.15, -0.1) is 0 Å². The van der Waals surface area contributed by atoms with Crippen LogP contribution < -0.4 is 4.74 Å². The van der Waals surface area contributed by atoms with Crippen molar-refractivity contribution < 1.29 is 20.1 Å². The second-order valence-corrected chi connectivity index (χ2v) is 9.41. The van der Waals surface area contributed by atoms with Crippen molar-refractivity contribution in [2.24, 2.45) is 5.92 Å². The molecule has 0 unspecified atom stereocenters. The Bertz CT molecular complexity index is 941. The minimum absolute atomic E-state index is 0.00978. The van der Waals surface area contributed by atoms with Crippen LogP contribution in [0.2, 0.25) is 0 Å². The normalized spacial score (nSPS) is 23.1. The average Bonchev–Trinajstić information content (AvgIpc) is 2.67. The van der Waals surface area contributed by atoms with E-state index >= 15 is 0 Å². The zero-order valence-corrected chi connectivity index (χ0v) is 17.5. The summed E-state index contributed by atoms with van der Waals surface area (Å²) >= 11 is 0. The van der Waals surface area contributed by atoms with Gasteiger partial charge in [0, 0.05) is 22.8 Å². The van der Waals surface area contributed by atoms with Crippen molar-refractivity contribution in [1.29, 1.82) is 0 Å². The van der Waals surface area contributed by atoms with Crippen LogP contribution >= 0.6 is 0 Å². The lowest BCUT2D eigenvalue weighted by Gasteiger charge is -2.47. The highest BCUT2D eigenvalue weighted by Gasteiger charge is 2.47. The fourth-order valence-electron chi connectivity index (χ4n) is 5.01. The van der Waals surface area contributed by atoms with E-state index in [1.54, 1.807) is 0 Å². The molecule has 4 nitrogen and oxygen atoms in total. The van der Waals surface area contributed by atoms with E-state index < -0.39 is 11.9 Å². The molecule has 1 aliphatic carbocycles. The van der Waals surface area contributed by atoms with Crippen molar-refractivity contribution in [3.63, 3.8) is 0 Å². The van der Waals surface area contributed by atoms with Crippen molar-refractivity contribution in [1.82, 2.24) is 0 Å². The molecule has 3 N–H and O–H groups in total. The number of benzene rings is 2. The minimum atomic E-state index is -1.45. The predicted molar refractivity (Wildman–Crippen MR) is 113 cm³/mol. The van der Waals surface area contributed by atoms with Gasteiger partial charge in [-0.1, -0.05) is 50.3 Å². The molecule has 0 amide bonds. The van der Waals surface area contributed by atoms with Gasteiger partial charge in [-0.2, -0.15) is 0 Å². The summed E-state index contributed by atoms with van der Waals surface area (Å²) in [7, 11) is 0. The zero-order chi connectivity index (χ0) is 21.0. The maximum Gasteiger partial charge on any atom is 0.174 e. The van der Waals surface area contributed by atoms with Crippen LogP contribution in [0, 0.1) is 5.92 Å². The molecule has 0 aromatic heterocycles. The number of fused-ring (bicyclic) bond motifs is 3. The Balaban J connectivity index is 1.81. The molecule has 1 heterocycles. The van der Waals surface area contributed by atoms with E-state index in [1.807, 2.05) is 36.4 Å². The summed E-state index contributed by atoms with van der Waals surface area (Å²) in [5.74, 6) is 1.07. The van der Waals surface area contributed by atoms with Gasteiger partial charge in [0.1, 0.15) is 17.1 Å². The molecule has 0 bridgehead atoms. The molecular weight excluding hydrogens is 364 g/mol. The van der Waals surface area contributed by atoms with E-state index in [-0.39, 0.29) is 23.0 Å². The van der Waals surface area contributed by atoms with Crippen molar-refractivity contribution in [2.45, 2.75) is 63.8 Å². The van der Waals surface area contributed by atoms with Crippen LogP contribution in [0.25, 0.3) is 0 Å². The van der Waals surface area contributed by atoms with Crippen LogP contribution in [0.3, 0.4) is 0 Å². The van der Waals surface area contributed by atoms with Gasteiger partial charge in [0.15, 0.2) is 6.29 Å². The lowest BCUT2D eigenvalue weighted by molar-refractivity contribution is -0.0251. The molecule has 154 valence electrons. The van der Waals surface area contributed by atoms with E-state index in [9.17, 15) is 15.3 Å². The highest BCUT2D eigenvalue weighted by Crippen LogP contribution is 2.55. The molecule has 2 aliphatic rings. The Kier molecular flexibility index (Phi) is 4.75. The molecule has 0 radical (unpaired) electrons. The minimum Gasteiger partial charge on any atom is -0.508 e. The molecule has 29 heavy (non-hydrogen) atoms. The zero-order valence-electron chi connectivity index (χ0n) is 17.5. The monoisotopic (exact) mass is 394 g/mol. The Labute approximate surface area is 172 Å². The van der Waals surface area contributed by atoms with Crippen LogP contribution in [0.1, 0.15) is 63.1 Å². The van der Waals surface area contributed by atoms with Gasteiger partial charge in [-0.3, -0.25) is 0 Å². The predicted octanol–water partition coefficient (Wildman–Crippen LogP) is 4.62. The number of phenolic OH excluding ortho intramolecular Hbond substituents is 1. The lowest BCUT2D eigenvalue weighted by Crippen LogP contribution is -2.46. The van der Waals surface area contributed by atoms with Gasteiger partial charge in [0.25, 0.3) is 0 Å². The van der Waals surface area contributed by atoms with E-state index in [0.717, 1.165) is 11.1 Å².